The topological polar surface area (TPSA) is 34.2 Å². The predicted octanol–water partition coefficient (Wildman–Crippen LogP) is 6.25. The molecule has 0 aliphatic rings. The maximum Gasteiger partial charge on any atom is 0.269 e. The van der Waals surface area contributed by atoms with Crippen LogP contribution in [0.15, 0.2) is 60.0 Å². The maximum absolute atomic E-state index is 6.00. The number of methoxy groups -OCH3 is 1. The van der Waals surface area contributed by atoms with Crippen molar-refractivity contribution in [3.05, 3.63) is 70.4 Å². The van der Waals surface area contributed by atoms with Crippen molar-refractivity contribution >= 4 is 40.1 Å². The van der Waals surface area contributed by atoms with Crippen molar-refractivity contribution in [3.8, 4) is 11.5 Å². The second-order valence-electron chi connectivity index (χ2n) is 8.30. The number of hydrogen-bond donors (Lipinski definition) is 0. The molecule has 2 aromatic carbocycles. The third kappa shape index (κ3) is 6.47. The molecule has 0 bridgehead atoms. The first-order chi connectivity index (χ1) is 15.7. The smallest absolute Gasteiger partial charge is 0.269 e. The molecule has 0 spiro atoms. The lowest BCUT2D eigenvalue weighted by Crippen LogP contribution is -2.29. The van der Waals surface area contributed by atoms with Crippen LogP contribution in [0, 0.1) is 6.92 Å². The highest BCUT2D eigenvalue weighted by atomic mass is 32.1. The van der Waals surface area contributed by atoms with Crippen molar-refractivity contribution < 1.29 is 14.2 Å². The number of rotatable bonds is 9. The highest BCUT2D eigenvalue weighted by Gasteiger charge is 2.19. The minimum Gasteiger partial charge on any atom is -0.492 e. The van der Waals surface area contributed by atoms with E-state index in [2.05, 4.69) is 30.3 Å². The fraction of sp³-hybridized carbons (Fsp3) is 0.346. The van der Waals surface area contributed by atoms with Gasteiger partial charge in [0.05, 0.1) is 17.8 Å². The fourth-order valence-electron chi connectivity index (χ4n) is 3.29. The zero-order valence-corrected chi connectivity index (χ0v) is 21.8. The van der Waals surface area contributed by atoms with Crippen molar-refractivity contribution in [3.63, 3.8) is 0 Å². The standard InChI is InChI=1S/C26H32N2O3S2/c1-19-24(14-17-33-19)27(4)15-16-30-23-9-7-8-21(18-23)28(5)25(32)31-22-12-10-20(11-13-22)26(2,3)29-6/h7-14,17-18H,15-16H2,1-6H3. The molecule has 0 amide bonds. The molecule has 33 heavy (non-hydrogen) atoms. The molecule has 0 saturated heterocycles. The molecule has 0 unspecified atom stereocenters. The zero-order chi connectivity index (χ0) is 24.0. The predicted molar refractivity (Wildman–Crippen MR) is 142 cm³/mol. The van der Waals surface area contributed by atoms with Crippen LogP contribution >= 0.6 is 23.6 Å². The Kier molecular flexibility index (Phi) is 8.35. The largest absolute Gasteiger partial charge is 0.492 e. The van der Waals surface area contributed by atoms with Gasteiger partial charge in [0.2, 0.25) is 0 Å². The molecule has 0 fully saturated rings. The summed E-state index contributed by atoms with van der Waals surface area (Å²) in [6.07, 6.45) is 0. The van der Waals surface area contributed by atoms with Crippen LogP contribution in [0.5, 0.6) is 11.5 Å². The molecule has 7 heteroatoms. The van der Waals surface area contributed by atoms with Crippen LogP contribution in [-0.2, 0) is 10.3 Å². The summed E-state index contributed by atoms with van der Waals surface area (Å²) in [5.74, 6) is 1.48. The van der Waals surface area contributed by atoms with Crippen molar-refractivity contribution in [2.24, 2.45) is 0 Å². The van der Waals surface area contributed by atoms with E-state index >= 15 is 0 Å². The van der Waals surface area contributed by atoms with Gasteiger partial charge < -0.3 is 24.0 Å². The van der Waals surface area contributed by atoms with Crippen LogP contribution < -0.4 is 19.3 Å². The molecule has 176 valence electrons. The van der Waals surface area contributed by atoms with Gasteiger partial charge in [0.1, 0.15) is 18.1 Å². The first kappa shape index (κ1) is 25.0. The molecular formula is C26H32N2O3S2. The van der Waals surface area contributed by atoms with Crippen LogP contribution in [0.1, 0.15) is 24.3 Å². The van der Waals surface area contributed by atoms with E-state index in [1.807, 2.05) is 74.3 Å². The van der Waals surface area contributed by atoms with E-state index in [-0.39, 0.29) is 5.60 Å². The molecule has 3 rings (SSSR count). The van der Waals surface area contributed by atoms with E-state index in [1.165, 1.54) is 10.6 Å². The molecule has 5 nitrogen and oxygen atoms in total. The quantitative estimate of drug-likeness (QED) is 0.334. The van der Waals surface area contributed by atoms with Gasteiger partial charge in [0.25, 0.3) is 5.17 Å². The highest BCUT2D eigenvalue weighted by molar-refractivity contribution is 7.80. The molecule has 3 aromatic rings. The van der Waals surface area contributed by atoms with E-state index in [0.717, 1.165) is 23.5 Å². The van der Waals surface area contributed by atoms with E-state index < -0.39 is 0 Å². The summed E-state index contributed by atoms with van der Waals surface area (Å²) in [5.41, 5.74) is 2.87. The summed E-state index contributed by atoms with van der Waals surface area (Å²) < 4.78 is 17.4. The second kappa shape index (κ2) is 11.0. The summed E-state index contributed by atoms with van der Waals surface area (Å²) in [6.45, 7) is 7.57. The van der Waals surface area contributed by atoms with Crippen LogP contribution in [0.2, 0.25) is 0 Å². The Morgan fingerprint density at radius 3 is 2.39 bits per heavy atom. The van der Waals surface area contributed by atoms with Crippen LogP contribution in [-0.4, -0.2) is 39.5 Å². The van der Waals surface area contributed by atoms with Gasteiger partial charge in [-0.25, -0.2) is 0 Å². The Hall–Kier alpha value is -2.61. The summed E-state index contributed by atoms with van der Waals surface area (Å²) in [5, 5.41) is 2.47. The monoisotopic (exact) mass is 484 g/mol. The van der Waals surface area contributed by atoms with Crippen LogP contribution in [0.25, 0.3) is 0 Å². The van der Waals surface area contributed by atoms with Gasteiger partial charge in [-0.2, -0.15) is 0 Å². The molecule has 1 heterocycles. The molecule has 0 atom stereocenters. The summed E-state index contributed by atoms with van der Waals surface area (Å²) >= 11 is 7.28. The van der Waals surface area contributed by atoms with Crippen molar-refractivity contribution in [1.82, 2.24) is 0 Å². The molecule has 0 radical (unpaired) electrons. The van der Waals surface area contributed by atoms with E-state index in [1.54, 1.807) is 18.4 Å². The average Bonchev–Trinajstić information content (AvgIpc) is 3.25. The number of hydrogen-bond acceptors (Lipinski definition) is 6. The van der Waals surface area contributed by atoms with Gasteiger partial charge in [0, 0.05) is 37.8 Å². The number of thiophene rings is 1. The number of aryl methyl sites for hydroxylation is 1. The number of ether oxygens (including phenoxy) is 3. The van der Waals surface area contributed by atoms with E-state index in [0.29, 0.717) is 17.5 Å². The lowest BCUT2D eigenvalue weighted by molar-refractivity contribution is 0.0192. The molecule has 0 N–H and O–H groups in total. The minimum atomic E-state index is -0.354. The third-order valence-electron chi connectivity index (χ3n) is 5.68. The Morgan fingerprint density at radius 2 is 1.76 bits per heavy atom. The van der Waals surface area contributed by atoms with Crippen LogP contribution in [0.3, 0.4) is 0 Å². The van der Waals surface area contributed by atoms with E-state index in [9.17, 15) is 0 Å². The number of benzene rings is 2. The molecule has 0 saturated carbocycles. The van der Waals surface area contributed by atoms with Gasteiger partial charge in [-0.1, -0.05) is 18.2 Å². The molecular weight excluding hydrogens is 452 g/mol. The average molecular weight is 485 g/mol. The summed E-state index contributed by atoms with van der Waals surface area (Å²) in [6, 6.07) is 17.8. The van der Waals surface area contributed by atoms with Gasteiger partial charge in [-0.15, -0.1) is 11.3 Å². The number of anilines is 2. The number of likely N-dealkylation sites (N-methyl/N-ethyl adjacent to an activating group) is 1. The Balaban J connectivity index is 1.56. The van der Waals surface area contributed by atoms with E-state index in [4.69, 9.17) is 26.4 Å². The van der Waals surface area contributed by atoms with Gasteiger partial charge in [-0.3, -0.25) is 0 Å². The van der Waals surface area contributed by atoms with Crippen LogP contribution in [0.4, 0.5) is 11.4 Å². The van der Waals surface area contributed by atoms with Gasteiger partial charge >= 0.3 is 0 Å². The number of nitrogens with zero attached hydrogens (tertiary/aromatic N) is 2. The van der Waals surface area contributed by atoms with Crippen molar-refractivity contribution in [2.45, 2.75) is 26.4 Å². The molecule has 0 aliphatic carbocycles. The summed E-state index contributed by atoms with van der Waals surface area (Å²) in [7, 11) is 5.67. The SMILES string of the molecule is COC(C)(C)c1ccc(OC(=S)N(C)c2cccc(OCCN(C)c3ccsc3C)c2)cc1. The normalized spacial score (nSPS) is 11.2. The zero-order valence-electron chi connectivity index (χ0n) is 20.1. The Labute approximate surface area is 206 Å². The Morgan fingerprint density at radius 1 is 1.03 bits per heavy atom. The minimum absolute atomic E-state index is 0.354. The van der Waals surface area contributed by atoms with Gasteiger partial charge in [-0.05, 0) is 74.3 Å². The van der Waals surface area contributed by atoms with Crippen molar-refractivity contribution in [1.29, 1.82) is 0 Å². The first-order valence-corrected chi connectivity index (χ1v) is 12.1. The molecule has 1 aromatic heterocycles. The van der Waals surface area contributed by atoms with Gasteiger partial charge in [0.15, 0.2) is 0 Å². The molecule has 0 aliphatic heterocycles. The Bertz CT molecular complexity index is 1060. The van der Waals surface area contributed by atoms with Crippen molar-refractivity contribution in [2.75, 3.05) is 44.2 Å². The maximum atomic E-state index is 6.00. The number of thiocarbonyl (C=S) groups is 1. The fourth-order valence-corrected chi connectivity index (χ4v) is 4.24. The third-order valence-corrected chi connectivity index (χ3v) is 6.87. The second-order valence-corrected chi connectivity index (χ2v) is 9.76. The highest BCUT2D eigenvalue weighted by Crippen LogP contribution is 2.27. The summed E-state index contributed by atoms with van der Waals surface area (Å²) in [4.78, 5) is 5.35. The lowest BCUT2D eigenvalue weighted by atomic mass is 9.98. The first-order valence-electron chi connectivity index (χ1n) is 10.8. The lowest BCUT2D eigenvalue weighted by Gasteiger charge is -2.24.